The highest BCUT2D eigenvalue weighted by Gasteiger charge is 2.28. The van der Waals surface area contributed by atoms with E-state index in [-0.39, 0.29) is 22.4 Å². The van der Waals surface area contributed by atoms with Gasteiger partial charge in [-0.25, -0.2) is 13.1 Å². The molecule has 0 saturated carbocycles. The molecule has 0 atom stereocenters. The van der Waals surface area contributed by atoms with Crippen LogP contribution in [0.15, 0.2) is 29.2 Å². The van der Waals surface area contributed by atoms with Crippen LogP contribution in [0.4, 0.5) is 0 Å². The molecule has 0 radical (unpaired) electrons. The molecular weight excluding hydrogens is 332 g/mol. The monoisotopic (exact) mass is 354 g/mol. The number of rotatable bonds is 5. The number of hydrogen-bond donors (Lipinski definition) is 2. The molecule has 0 aliphatic carbocycles. The van der Waals surface area contributed by atoms with Gasteiger partial charge in [0.2, 0.25) is 10.0 Å². The molecule has 1 amide bonds. The minimum absolute atomic E-state index is 0.0440. The van der Waals surface area contributed by atoms with Crippen LogP contribution < -0.4 is 4.72 Å². The molecule has 2 rings (SSSR count). The molecule has 0 unspecified atom stereocenters. The summed E-state index contributed by atoms with van der Waals surface area (Å²) in [5, 5.41) is 9.00. The first-order valence-electron chi connectivity index (χ1n) is 7.85. The molecule has 24 heavy (non-hydrogen) atoms. The number of benzene rings is 1. The minimum Gasteiger partial charge on any atom is -0.481 e. The predicted molar refractivity (Wildman–Crippen MR) is 88.2 cm³/mol. The molecule has 1 aromatic carbocycles. The fourth-order valence-corrected chi connectivity index (χ4v) is 3.98. The third-order valence-corrected chi connectivity index (χ3v) is 5.57. The number of nitrogens with zero attached hydrogens (tertiary/aromatic N) is 1. The Labute approximate surface area is 141 Å². The Morgan fingerprint density at radius 1 is 1.25 bits per heavy atom. The van der Waals surface area contributed by atoms with Crippen molar-refractivity contribution in [1.82, 2.24) is 9.62 Å². The van der Waals surface area contributed by atoms with Gasteiger partial charge in [-0.05, 0) is 44.9 Å². The van der Waals surface area contributed by atoms with Crippen molar-refractivity contribution in [2.45, 2.75) is 37.6 Å². The van der Waals surface area contributed by atoms with E-state index in [0.717, 1.165) is 0 Å². The maximum atomic E-state index is 12.5. The molecular formula is C16H22N2O5S. The maximum absolute atomic E-state index is 12.5. The van der Waals surface area contributed by atoms with Gasteiger partial charge in [-0.3, -0.25) is 9.59 Å². The number of sulfonamides is 1. The van der Waals surface area contributed by atoms with E-state index < -0.39 is 21.9 Å². The van der Waals surface area contributed by atoms with Crippen LogP contribution in [0.5, 0.6) is 0 Å². The first-order valence-corrected chi connectivity index (χ1v) is 9.33. The summed E-state index contributed by atoms with van der Waals surface area (Å²) in [4.78, 5) is 25.1. The number of piperidine rings is 1. The van der Waals surface area contributed by atoms with Gasteiger partial charge in [0.25, 0.3) is 5.91 Å². The third-order valence-electron chi connectivity index (χ3n) is 3.91. The van der Waals surface area contributed by atoms with Gasteiger partial charge in [-0.15, -0.1) is 0 Å². The lowest BCUT2D eigenvalue weighted by molar-refractivity contribution is -0.143. The van der Waals surface area contributed by atoms with Crippen molar-refractivity contribution >= 4 is 21.9 Å². The van der Waals surface area contributed by atoms with Gasteiger partial charge in [-0.2, -0.15) is 0 Å². The van der Waals surface area contributed by atoms with Crippen LogP contribution in [0.2, 0.25) is 0 Å². The van der Waals surface area contributed by atoms with Gasteiger partial charge in [0, 0.05) is 24.7 Å². The number of carbonyl (C=O) groups is 2. The number of aliphatic carboxylic acids is 1. The van der Waals surface area contributed by atoms with Crippen LogP contribution in [-0.2, 0) is 14.8 Å². The van der Waals surface area contributed by atoms with Crippen molar-refractivity contribution in [3.63, 3.8) is 0 Å². The SMILES string of the molecule is CC(C)NS(=O)(=O)c1cccc(C(=O)N2CCC(C(=O)O)CC2)c1. The molecule has 132 valence electrons. The zero-order chi connectivity index (χ0) is 17.9. The number of likely N-dealkylation sites (tertiary alicyclic amines) is 1. The summed E-state index contributed by atoms with van der Waals surface area (Å²) in [6, 6.07) is 5.66. The molecule has 0 aromatic heterocycles. The predicted octanol–water partition coefficient (Wildman–Crippen LogP) is 1.31. The fraction of sp³-hybridized carbons (Fsp3) is 0.500. The summed E-state index contributed by atoms with van der Waals surface area (Å²) in [6.45, 7) is 4.16. The number of carboxylic acids is 1. The van der Waals surface area contributed by atoms with E-state index in [1.165, 1.54) is 18.2 Å². The van der Waals surface area contributed by atoms with Gasteiger partial charge in [0.05, 0.1) is 10.8 Å². The van der Waals surface area contributed by atoms with E-state index in [0.29, 0.717) is 25.9 Å². The molecule has 1 aromatic rings. The molecule has 1 fully saturated rings. The highest BCUT2D eigenvalue weighted by Crippen LogP contribution is 2.20. The molecule has 1 heterocycles. The highest BCUT2D eigenvalue weighted by atomic mass is 32.2. The number of carboxylic acid groups (broad SMARTS) is 1. The molecule has 8 heteroatoms. The summed E-state index contributed by atoms with van der Waals surface area (Å²) in [5.74, 6) is -1.54. The summed E-state index contributed by atoms with van der Waals surface area (Å²) in [5.41, 5.74) is 0.287. The molecule has 0 spiro atoms. The Morgan fingerprint density at radius 2 is 1.88 bits per heavy atom. The van der Waals surface area contributed by atoms with Crippen molar-refractivity contribution in [1.29, 1.82) is 0 Å². The lowest BCUT2D eigenvalue weighted by atomic mass is 9.96. The van der Waals surface area contributed by atoms with Crippen molar-refractivity contribution in [3.05, 3.63) is 29.8 Å². The lowest BCUT2D eigenvalue weighted by Gasteiger charge is -2.30. The van der Waals surface area contributed by atoms with Gasteiger partial charge >= 0.3 is 5.97 Å². The van der Waals surface area contributed by atoms with Crippen LogP contribution in [0.1, 0.15) is 37.0 Å². The van der Waals surface area contributed by atoms with E-state index in [1.54, 1.807) is 24.8 Å². The first-order chi connectivity index (χ1) is 11.2. The molecule has 0 bridgehead atoms. The van der Waals surface area contributed by atoms with Gasteiger partial charge < -0.3 is 10.0 Å². The second-order valence-electron chi connectivity index (χ2n) is 6.21. The second kappa shape index (κ2) is 7.31. The number of hydrogen-bond acceptors (Lipinski definition) is 4. The van der Waals surface area contributed by atoms with Crippen LogP contribution >= 0.6 is 0 Å². The van der Waals surface area contributed by atoms with Crippen LogP contribution in [-0.4, -0.2) is 49.4 Å². The average Bonchev–Trinajstić information content (AvgIpc) is 2.53. The van der Waals surface area contributed by atoms with Crippen molar-refractivity contribution in [3.8, 4) is 0 Å². The number of carbonyl (C=O) groups excluding carboxylic acids is 1. The van der Waals surface area contributed by atoms with Gasteiger partial charge in [0.15, 0.2) is 0 Å². The van der Waals surface area contributed by atoms with Crippen LogP contribution in [0.25, 0.3) is 0 Å². The molecule has 1 aliphatic heterocycles. The fourth-order valence-electron chi connectivity index (χ4n) is 2.69. The van der Waals surface area contributed by atoms with Crippen LogP contribution in [0.3, 0.4) is 0 Å². The summed E-state index contributed by atoms with van der Waals surface area (Å²) in [6.07, 6.45) is 0.821. The molecule has 1 aliphatic rings. The quantitative estimate of drug-likeness (QED) is 0.830. The summed E-state index contributed by atoms with van der Waals surface area (Å²) < 4.78 is 26.9. The normalized spacial score (nSPS) is 16.4. The maximum Gasteiger partial charge on any atom is 0.306 e. The van der Waals surface area contributed by atoms with E-state index in [1.807, 2.05) is 0 Å². The van der Waals surface area contributed by atoms with E-state index in [9.17, 15) is 18.0 Å². The van der Waals surface area contributed by atoms with Crippen LogP contribution in [0, 0.1) is 5.92 Å². The van der Waals surface area contributed by atoms with Gasteiger partial charge in [-0.1, -0.05) is 6.07 Å². The van der Waals surface area contributed by atoms with E-state index in [2.05, 4.69) is 4.72 Å². The van der Waals surface area contributed by atoms with Crippen molar-refractivity contribution in [2.75, 3.05) is 13.1 Å². The van der Waals surface area contributed by atoms with Gasteiger partial charge in [0.1, 0.15) is 0 Å². The Balaban J connectivity index is 2.14. The molecule has 2 N–H and O–H groups in total. The topological polar surface area (TPSA) is 104 Å². The average molecular weight is 354 g/mol. The molecule has 7 nitrogen and oxygen atoms in total. The smallest absolute Gasteiger partial charge is 0.306 e. The highest BCUT2D eigenvalue weighted by molar-refractivity contribution is 7.89. The standard InChI is InChI=1S/C16H22N2O5S/c1-11(2)17-24(22,23)14-5-3-4-13(10-14)15(19)18-8-6-12(7-9-18)16(20)21/h3-5,10-12,17H,6-9H2,1-2H3,(H,20,21). The Bertz CT molecular complexity index is 722. The zero-order valence-electron chi connectivity index (χ0n) is 13.7. The number of nitrogens with one attached hydrogen (secondary N) is 1. The Kier molecular flexibility index (Phi) is 5.61. The second-order valence-corrected chi connectivity index (χ2v) is 7.92. The largest absolute Gasteiger partial charge is 0.481 e. The summed E-state index contributed by atoms with van der Waals surface area (Å²) >= 11 is 0. The zero-order valence-corrected chi connectivity index (χ0v) is 14.5. The third kappa shape index (κ3) is 4.33. The number of amides is 1. The minimum atomic E-state index is -3.66. The summed E-state index contributed by atoms with van der Waals surface area (Å²) in [7, 11) is -3.66. The lowest BCUT2D eigenvalue weighted by Crippen LogP contribution is -2.40. The Morgan fingerprint density at radius 3 is 2.42 bits per heavy atom. The van der Waals surface area contributed by atoms with Crippen molar-refractivity contribution < 1.29 is 23.1 Å². The molecule has 1 saturated heterocycles. The van der Waals surface area contributed by atoms with E-state index in [4.69, 9.17) is 5.11 Å². The first kappa shape index (κ1) is 18.4. The van der Waals surface area contributed by atoms with E-state index >= 15 is 0 Å². The van der Waals surface area contributed by atoms with Crippen molar-refractivity contribution in [2.24, 2.45) is 5.92 Å². The Hall–Kier alpha value is -1.93.